The standard InChI is InChI=1S/C17H20N2O2/c1-17(2)14(10-15(17)20)19-16(21)18-13-9-5-7-11-6-3-4-8-12(11)13/h3-9,14-15,20H,10H2,1-2H3,(H2,18,19,21). The van der Waals surface area contributed by atoms with Crippen LogP contribution in [0.3, 0.4) is 0 Å². The molecule has 2 atom stereocenters. The average molecular weight is 284 g/mol. The summed E-state index contributed by atoms with van der Waals surface area (Å²) in [6.45, 7) is 3.92. The summed E-state index contributed by atoms with van der Waals surface area (Å²) in [4.78, 5) is 12.1. The maximum absolute atomic E-state index is 12.1. The van der Waals surface area contributed by atoms with Crippen LogP contribution >= 0.6 is 0 Å². The molecular weight excluding hydrogens is 264 g/mol. The molecule has 2 unspecified atom stereocenters. The molecule has 1 aliphatic rings. The monoisotopic (exact) mass is 284 g/mol. The summed E-state index contributed by atoms with van der Waals surface area (Å²) in [7, 11) is 0. The van der Waals surface area contributed by atoms with Crippen molar-refractivity contribution in [2.24, 2.45) is 5.41 Å². The first-order valence-electron chi connectivity index (χ1n) is 7.22. The normalized spacial score (nSPS) is 23.4. The van der Waals surface area contributed by atoms with Gasteiger partial charge in [0.05, 0.1) is 11.8 Å². The lowest BCUT2D eigenvalue weighted by Gasteiger charge is -2.49. The Kier molecular flexibility index (Phi) is 3.33. The molecule has 0 radical (unpaired) electrons. The van der Waals surface area contributed by atoms with E-state index in [1.165, 1.54) is 0 Å². The van der Waals surface area contributed by atoms with Gasteiger partial charge in [0.2, 0.25) is 0 Å². The zero-order chi connectivity index (χ0) is 15.0. The lowest BCUT2D eigenvalue weighted by molar-refractivity contribution is -0.0673. The van der Waals surface area contributed by atoms with Crippen LogP contribution in [0.5, 0.6) is 0 Å². The molecule has 21 heavy (non-hydrogen) atoms. The third-order valence-electron chi connectivity index (χ3n) is 4.56. The van der Waals surface area contributed by atoms with Crippen molar-refractivity contribution >= 4 is 22.5 Å². The van der Waals surface area contributed by atoms with Gasteiger partial charge in [-0.2, -0.15) is 0 Å². The topological polar surface area (TPSA) is 61.4 Å². The van der Waals surface area contributed by atoms with Gasteiger partial charge in [-0.05, 0) is 17.9 Å². The number of urea groups is 1. The molecule has 0 bridgehead atoms. The van der Waals surface area contributed by atoms with Gasteiger partial charge in [0.1, 0.15) is 0 Å². The number of aliphatic hydroxyl groups is 1. The van der Waals surface area contributed by atoms with Gasteiger partial charge in [0.25, 0.3) is 0 Å². The van der Waals surface area contributed by atoms with E-state index in [1.54, 1.807) is 0 Å². The summed E-state index contributed by atoms with van der Waals surface area (Å²) in [5, 5.41) is 17.7. The van der Waals surface area contributed by atoms with Gasteiger partial charge >= 0.3 is 6.03 Å². The van der Waals surface area contributed by atoms with Crippen LogP contribution in [0, 0.1) is 5.41 Å². The van der Waals surface area contributed by atoms with E-state index in [0.29, 0.717) is 6.42 Å². The van der Waals surface area contributed by atoms with E-state index >= 15 is 0 Å². The zero-order valence-corrected chi connectivity index (χ0v) is 12.3. The molecule has 2 amide bonds. The Hall–Kier alpha value is -2.07. The Morgan fingerprint density at radius 2 is 1.90 bits per heavy atom. The predicted octanol–water partition coefficient (Wildman–Crippen LogP) is 3.12. The van der Waals surface area contributed by atoms with Gasteiger partial charge < -0.3 is 15.7 Å². The van der Waals surface area contributed by atoms with Gasteiger partial charge in [-0.1, -0.05) is 50.2 Å². The van der Waals surface area contributed by atoms with E-state index in [9.17, 15) is 9.90 Å². The second kappa shape index (κ2) is 5.04. The molecule has 0 aliphatic heterocycles. The van der Waals surface area contributed by atoms with E-state index < -0.39 is 0 Å². The molecule has 3 rings (SSSR count). The maximum atomic E-state index is 12.1. The summed E-state index contributed by atoms with van der Waals surface area (Å²) in [6, 6.07) is 13.5. The molecule has 2 aromatic rings. The van der Waals surface area contributed by atoms with Crippen LogP contribution in [0.4, 0.5) is 10.5 Å². The molecule has 0 saturated heterocycles. The van der Waals surface area contributed by atoms with Gasteiger partial charge in [0.15, 0.2) is 0 Å². The predicted molar refractivity (Wildman–Crippen MR) is 84.3 cm³/mol. The largest absolute Gasteiger partial charge is 0.392 e. The fraction of sp³-hybridized carbons (Fsp3) is 0.353. The number of hydrogen-bond donors (Lipinski definition) is 3. The second-order valence-electron chi connectivity index (χ2n) is 6.25. The molecule has 0 spiro atoms. The maximum Gasteiger partial charge on any atom is 0.319 e. The molecule has 4 nitrogen and oxygen atoms in total. The molecule has 0 heterocycles. The Morgan fingerprint density at radius 1 is 1.19 bits per heavy atom. The van der Waals surface area contributed by atoms with Crippen molar-refractivity contribution in [2.45, 2.75) is 32.4 Å². The van der Waals surface area contributed by atoms with Crippen molar-refractivity contribution in [3.8, 4) is 0 Å². The molecule has 1 saturated carbocycles. The highest BCUT2D eigenvalue weighted by molar-refractivity contribution is 6.01. The van der Waals surface area contributed by atoms with Crippen LogP contribution in [0.1, 0.15) is 20.3 Å². The number of fused-ring (bicyclic) bond motifs is 1. The number of aliphatic hydroxyl groups excluding tert-OH is 1. The molecule has 2 aromatic carbocycles. The Labute approximate surface area is 124 Å². The number of carbonyl (C=O) groups excluding carboxylic acids is 1. The highest BCUT2D eigenvalue weighted by Crippen LogP contribution is 2.40. The first-order chi connectivity index (χ1) is 9.98. The third kappa shape index (κ3) is 2.47. The van der Waals surface area contributed by atoms with Crippen molar-refractivity contribution in [3.63, 3.8) is 0 Å². The molecule has 1 fully saturated rings. The number of anilines is 1. The second-order valence-corrected chi connectivity index (χ2v) is 6.25. The molecule has 4 heteroatoms. The molecule has 110 valence electrons. The van der Waals surface area contributed by atoms with Crippen LogP contribution in [0.15, 0.2) is 42.5 Å². The van der Waals surface area contributed by atoms with Crippen molar-refractivity contribution < 1.29 is 9.90 Å². The van der Waals surface area contributed by atoms with Crippen LogP contribution in [-0.4, -0.2) is 23.3 Å². The number of hydrogen-bond acceptors (Lipinski definition) is 2. The van der Waals surface area contributed by atoms with Crippen LogP contribution in [-0.2, 0) is 0 Å². The lowest BCUT2D eigenvalue weighted by Crippen LogP contribution is -2.61. The van der Waals surface area contributed by atoms with Crippen molar-refractivity contribution in [3.05, 3.63) is 42.5 Å². The van der Waals surface area contributed by atoms with Gasteiger partial charge in [0, 0.05) is 16.8 Å². The van der Waals surface area contributed by atoms with E-state index in [1.807, 2.05) is 56.3 Å². The first kappa shape index (κ1) is 13.9. The zero-order valence-electron chi connectivity index (χ0n) is 12.3. The fourth-order valence-corrected chi connectivity index (χ4v) is 2.80. The van der Waals surface area contributed by atoms with Crippen LogP contribution in [0.25, 0.3) is 10.8 Å². The summed E-state index contributed by atoms with van der Waals surface area (Å²) < 4.78 is 0. The van der Waals surface area contributed by atoms with Crippen molar-refractivity contribution in [1.29, 1.82) is 0 Å². The molecule has 3 N–H and O–H groups in total. The lowest BCUT2D eigenvalue weighted by atomic mass is 9.65. The number of rotatable bonds is 2. The minimum absolute atomic E-state index is 0.00229. The average Bonchev–Trinajstić information content (AvgIpc) is 2.47. The van der Waals surface area contributed by atoms with E-state index in [2.05, 4.69) is 10.6 Å². The summed E-state index contributed by atoms with van der Waals surface area (Å²) in [6.07, 6.45) is 0.260. The number of amides is 2. The Morgan fingerprint density at radius 3 is 2.62 bits per heavy atom. The van der Waals surface area contributed by atoms with E-state index in [4.69, 9.17) is 0 Å². The quantitative estimate of drug-likeness (QED) is 0.793. The Bertz CT molecular complexity index is 676. The van der Waals surface area contributed by atoms with Crippen molar-refractivity contribution in [2.75, 3.05) is 5.32 Å². The molecule has 0 aromatic heterocycles. The smallest absolute Gasteiger partial charge is 0.319 e. The minimum Gasteiger partial charge on any atom is -0.392 e. The number of benzene rings is 2. The SMILES string of the molecule is CC1(C)C(O)CC1NC(=O)Nc1cccc2ccccc12. The number of carbonyl (C=O) groups is 1. The Balaban J connectivity index is 1.73. The van der Waals surface area contributed by atoms with E-state index in [0.717, 1.165) is 16.5 Å². The van der Waals surface area contributed by atoms with Crippen molar-refractivity contribution in [1.82, 2.24) is 5.32 Å². The third-order valence-corrected chi connectivity index (χ3v) is 4.56. The van der Waals surface area contributed by atoms with Crippen LogP contribution < -0.4 is 10.6 Å². The fourth-order valence-electron chi connectivity index (χ4n) is 2.80. The van der Waals surface area contributed by atoms with Gasteiger partial charge in [-0.15, -0.1) is 0 Å². The van der Waals surface area contributed by atoms with Gasteiger partial charge in [-0.25, -0.2) is 4.79 Å². The first-order valence-corrected chi connectivity index (χ1v) is 7.22. The summed E-state index contributed by atoms with van der Waals surface area (Å²) in [5.74, 6) is 0. The molecule has 1 aliphatic carbocycles. The minimum atomic E-state index is -0.347. The highest BCUT2D eigenvalue weighted by Gasteiger charge is 2.47. The van der Waals surface area contributed by atoms with Gasteiger partial charge in [-0.3, -0.25) is 0 Å². The number of nitrogens with one attached hydrogen (secondary N) is 2. The highest BCUT2D eigenvalue weighted by atomic mass is 16.3. The van der Waals surface area contributed by atoms with E-state index in [-0.39, 0.29) is 23.6 Å². The summed E-state index contributed by atoms with van der Waals surface area (Å²) in [5.41, 5.74) is 0.527. The summed E-state index contributed by atoms with van der Waals surface area (Å²) >= 11 is 0. The van der Waals surface area contributed by atoms with Crippen LogP contribution in [0.2, 0.25) is 0 Å². The molecular formula is C17H20N2O2.